The van der Waals surface area contributed by atoms with Crippen molar-refractivity contribution in [2.45, 2.75) is 0 Å². The van der Waals surface area contributed by atoms with E-state index < -0.39 is 34.8 Å². The summed E-state index contributed by atoms with van der Waals surface area (Å²) in [5, 5.41) is 34.5. The van der Waals surface area contributed by atoms with Crippen LogP contribution >= 0.6 is 0 Å². The monoisotopic (exact) mass is 425 g/mol. The summed E-state index contributed by atoms with van der Waals surface area (Å²) >= 11 is 0. The SMILES string of the molecule is COc1ccccc1-n1nc(C(=O)Nc2cc(C(=O)O)cc(C(=O)O)c2)c(O)cc1=O. The molecule has 0 aliphatic carbocycles. The van der Waals surface area contributed by atoms with Crippen LogP contribution in [-0.2, 0) is 0 Å². The number of benzene rings is 2. The van der Waals surface area contributed by atoms with E-state index in [0.717, 1.165) is 28.9 Å². The molecule has 3 rings (SSSR count). The van der Waals surface area contributed by atoms with E-state index in [9.17, 15) is 24.3 Å². The highest BCUT2D eigenvalue weighted by Gasteiger charge is 2.20. The van der Waals surface area contributed by atoms with E-state index in [0.29, 0.717) is 0 Å². The van der Waals surface area contributed by atoms with Crippen LogP contribution in [0.25, 0.3) is 5.69 Å². The minimum absolute atomic E-state index is 0.154. The molecule has 0 fully saturated rings. The van der Waals surface area contributed by atoms with Crippen molar-refractivity contribution < 1.29 is 34.4 Å². The standard InChI is InChI=1S/C20H15N3O8/c1-31-15-5-3-2-4-13(15)23-16(25)9-14(24)17(22-23)18(26)21-12-7-10(19(27)28)6-11(8-12)20(29)30/h2-9,24H,1H3,(H,21,26)(H,27,28)(H,29,30). The van der Waals surface area contributed by atoms with Gasteiger partial charge >= 0.3 is 11.9 Å². The number of nitrogens with zero attached hydrogens (tertiary/aromatic N) is 2. The Bertz CT molecular complexity index is 1230. The lowest BCUT2D eigenvalue weighted by atomic mass is 10.1. The van der Waals surface area contributed by atoms with Gasteiger partial charge in [0.2, 0.25) is 0 Å². The van der Waals surface area contributed by atoms with Crippen LogP contribution < -0.4 is 15.6 Å². The van der Waals surface area contributed by atoms with Gasteiger partial charge in [-0.25, -0.2) is 9.59 Å². The van der Waals surface area contributed by atoms with Gasteiger partial charge in [0.15, 0.2) is 11.4 Å². The van der Waals surface area contributed by atoms with Crippen molar-refractivity contribution >= 4 is 23.5 Å². The van der Waals surface area contributed by atoms with Gasteiger partial charge in [0.05, 0.1) is 18.2 Å². The molecule has 2 aromatic carbocycles. The maximum atomic E-state index is 12.7. The molecular formula is C20H15N3O8. The molecule has 1 heterocycles. The third kappa shape index (κ3) is 4.34. The Balaban J connectivity index is 2.04. The van der Waals surface area contributed by atoms with Crippen LogP contribution in [0.15, 0.2) is 53.3 Å². The minimum atomic E-state index is -1.40. The predicted octanol–water partition coefficient (Wildman–Crippen LogP) is 1.60. The van der Waals surface area contributed by atoms with Crippen molar-refractivity contribution in [1.82, 2.24) is 9.78 Å². The number of carboxylic acid groups (broad SMARTS) is 2. The fourth-order valence-electron chi connectivity index (χ4n) is 2.72. The summed E-state index contributed by atoms with van der Waals surface area (Å²) in [5.74, 6) is -4.23. The molecule has 0 aliphatic rings. The second-order valence-electron chi connectivity index (χ2n) is 6.16. The fraction of sp³-hybridized carbons (Fsp3) is 0.0500. The lowest BCUT2D eigenvalue weighted by Crippen LogP contribution is -2.25. The molecule has 4 N–H and O–H groups in total. The fourth-order valence-corrected chi connectivity index (χ4v) is 2.72. The van der Waals surface area contributed by atoms with E-state index in [-0.39, 0.29) is 28.3 Å². The molecule has 158 valence electrons. The Labute approximate surface area is 173 Å². The Morgan fingerprint density at radius 3 is 2.19 bits per heavy atom. The third-order valence-corrected chi connectivity index (χ3v) is 4.12. The number of ether oxygens (including phenoxy) is 1. The summed E-state index contributed by atoms with van der Waals surface area (Å²) < 4.78 is 6.03. The van der Waals surface area contributed by atoms with E-state index in [1.165, 1.54) is 13.2 Å². The highest BCUT2D eigenvalue weighted by Crippen LogP contribution is 2.22. The van der Waals surface area contributed by atoms with E-state index in [1.807, 2.05) is 0 Å². The first-order chi connectivity index (χ1) is 14.7. The maximum absolute atomic E-state index is 12.7. The molecule has 0 saturated carbocycles. The van der Waals surface area contributed by atoms with Gasteiger partial charge in [-0.2, -0.15) is 9.78 Å². The van der Waals surface area contributed by atoms with Gasteiger partial charge in [0, 0.05) is 11.8 Å². The van der Waals surface area contributed by atoms with E-state index in [1.54, 1.807) is 18.2 Å². The van der Waals surface area contributed by atoms with Gasteiger partial charge in [-0.05, 0) is 30.3 Å². The van der Waals surface area contributed by atoms with Crippen LogP contribution in [0.4, 0.5) is 5.69 Å². The zero-order valence-electron chi connectivity index (χ0n) is 15.9. The largest absolute Gasteiger partial charge is 0.505 e. The van der Waals surface area contributed by atoms with Gasteiger partial charge in [-0.1, -0.05) is 12.1 Å². The quantitative estimate of drug-likeness (QED) is 0.458. The predicted molar refractivity (Wildman–Crippen MR) is 106 cm³/mol. The summed E-state index contributed by atoms with van der Waals surface area (Å²) in [4.78, 5) is 47.4. The van der Waals surface area contributed by atoms with Gasteiger partial charge in [0.1, 0.15) is 11.4 Å². The molecule has 11 heteroatoms. The Morgan fingerprint density at radius 2 is 1.61 bits per heavy atom. The molecule has 3 aromatic rings. The van der Waals surface area contributed by atoms with Gasteiger partial charge in [-0.3, -0.25) is 9.59 Å². The molecule has 1 amide bonds. The van der Waals surface area contributed by atoms with Gasteiger partial charge in [-0.15, -0.1) is 0 Å². The molecule has 0 atom stereocenters. The molecule has 0 bridgehead atoms. The Morgan fingerprint density at radius 1 is 1.00 bits per heavy atom. The number of hydrogen-bond acceptors (Lipinski definition) is 7. The number of amides is 1. The number of carbonyl (C=O) groups is 3. The topological polar surface area (TPSA) is 168 Å². The number of methoxy groups -OCH3 is 1. The number of carbonyl (C=O) groups excluding carboxylic acids is 1. The molecule has 0 unspecified atom stereocenters. The Hall–Kier alpha value is -4.67. The maximum Gasteiger partial charge on any atom is 0.335 e. The van der Waals surface area contributed by atoms with Crippen molar-refractivity contribution in [2.24, 2.45) is 0 Å². The molecule has 0 spiro atoms. The molecule has 0 radical (unpaired) electrons. The van der Waals surface area contributed by atoms with Crippen LogP contribution in [0.1, 0.15) is 31.2 Å². The number of aromatic hydroxyl groups is 1. The second kappa shape index (κ2) is 8.37. The molecular weight excluding hydrogens is 410 g/mol. The zero-order chi connectivity index (χ0) is 22.7. The van der Waals surface area contributed by atoms with Crippen molar-refractivity contribution in [3.05, 3.63) is 75.7 Å². The number of carboxylic acids is 2. The summed E-state index contributed by atoms with van der Waals surface area (Å²) in [5.41, 5.74) is -1.97. The van der Waals surface area contributed by atoms with Crippen molar-refractivity contribution in [2.75, 3.05) is 12.4 Å². The average molecular weight is 425 g/mol. The number of aromatic carboxylic acids is 2. The van der Waals surface area contributed by atoms with E-state index >= 15 is 0 Å². The van der Waals surface area contributed by atoms with Crippen LogP contribution in [0.3, 0.4) is 0 Å². The first-order valence-corrected chi connectivity index (χ1v) is 8.61. The smallest absolute Gasteiger partial charge is 0.335 e. The number of para-hydroxylation sites is 2. The van der Waals surface area contributed by atoms with Crippen LogP contribution in [0, 0.1) is 0 Å². The molecule has 1 aromatic heterocycles. The number of nitrogens with one attached hydrogen (secondary N) is 1. The normalized spacial score (nSPS) is 10.4. The molecule has 0 saturated heterocycles. The van der Waals surface area contributed by atoms with Gasteiger partial charge < -0.3 is 25.4 Å². The summed E-state index contributed by atoms with van der Waals surface area (Å²) in [6.07, 6.45) is 0. The number of hydrogen-bond donors (Lipinski definition) is 4. The summed E-state index contributed by atoms with van der Waals surface area (Å²) in [6.45, 7) is 0. The number of rotatable bonds is 6. The third-order valence-electron chi connectivity index (χ3n) is 4.12. The molecule has 31 heavy (non-hydrogen) atoms. The van der Waals surface area contributed by atoms with Crippen LogP contribution in [0.2, 0.25) is 0 Å². The minimum Gasteiger partial charge on any atom is -0.505 e. The van der Waals surface area contributed by atoms with Crippen LogP contribution in [0.5, 0.6) is 11.5 Å². The van der Waals surface area contributed by atoms with Crippen LogP contribution in [-0.4, -0.2) is 50.1 Å². The van der Waals surface area contributed by atoms with Gasteiger partial charge in [0.25, 0.3) is 11.5 Å². The Kier molecular flexibility index (Phi) is 5.68. The van der Waals surface area contributed by atoms with Crippen molar-refractivity contribution in [3.8, 4) is 17.2 Å². The first-order valence-electron chi connectivity index (χ1n) is 8.61. The summed E-state index contributed by atoms with van der Waals surface area (Å²) in [7, 11) is 1.38. The van der Waals surface area contributed by atoms with E-state index in [4.69, 9.17) is 14.9 Å². The number of aromatic nitrogens is 2. The number of anilines is 1. The molecule has 0 aliphatic heterocycles. The highest BCUT2D eigenvalue weighted by molar-refractivity contribution is 6.06. The van der Waals surface area contributed by atoms with Crippen molar-refractivity contribution in [1.29, 1.82) is 0 Å². The second-order valence-corrected chi connectivity index (χ2v) is 6.16. The zero-order valence-corrected chi connectivity index (χ0v) is 15.9. The molecule has 11 nitrogen and oxygen atoms in total. The first kappa shape index (κ1) is 21.0. The lowest BCUT2D eigenvalue weighted by Gasteiger charge is -2.12. The van der Waals surface area contributed by atoms with Crippen molar-refractivity contribution in [3.63, 3.8) is 0 Å². The lowest BCUT2D eigenvalue weighted by molar-refractivity contribution is 0.0696. The summed E-state index contributed by atoms with van der Waals surface area (Å²) in [6, 6.07) is 10.2. The highest BCUT2D eigenvalue weighted by atomic mass is 16.5. The van der Waals surface area contributed by atoms with E-state index in [2.05, 4.69) is 10.4 Å². The average Bonchev–Trinajstić information content (AvgIpc) is 2.73.